The smallest absolute Gasteiger partial charge is 0.224 e. The van der Waals surface area contributed by atoms with Crippen LogP contribution in [0.25, 0.3) is 0 Å². The van der Waals surface area contributed by atoms with E-state index in [4.69, 9.17) is 0 Å². The Morgan fingerprint density at radius 1 is 0.963 bits per heavy atom. The molecule has 1 aliphatic heterocycles. The third-order valence-electron chi connectivity index (χ3n) is 5.03. The highest BCUT2D eigenvalue weighted by Gasteiger charge is 2.20. The first kappa shape index (κ1) is 19.2. The number of carbonyl (C=O) groups is 1. The summed E-state index contributed by atoms with van der Waals surface area (Å²) >= 11 is 0. The first-order chi connectivity index (χ1) is 13.1. The molecule has 2 aromatic carbocycles. The highest BCUT2D eigenvalue weighted by atomic mass is 16.2. The highest BCUT2D eigenvalue weighted by Crippen LogP contribution is 2.15. The summed E-state index contributed by atoms with van der Waals surface area (Å²) < 4.78 is 0. The van der Waals surface area contributed by atoms with E-state index >= 15 is 0 Å². The molecule has 144 valence electrons. The van der Waals surface area contributed by atoms with Gasteiger partial charge < -0.3 is 15.1 Å². The molecule has 1 aliphatic rings. The van der Waals surface area contributed by atoms with Gasteiger partial charge in [-0.15, -0.1) is 0 Å². The maximum absolute atomic E-state index is 12.5. The Bertz CT molecular complexity index is 707. The van der Waals surface area contributed by atoms with Crippen molar-refractivity contribution in [1.29, 1.82) is 0 Å². The van der Waals surface area contributed by atoms with Gasteiger partial charge >= 0.3 is 0 Å². The number of amides is 1. The number of nitrogens with one attached hydrogen (secondary N) is 1. The largest absolute Gasteiger partial charge is 0.385 e. The highest BCUT2D eigenvalue weighted by molar-refractivity contribution is 5.77. The third-order valence-corrected chi connectivity index (χ3v) is 5.03. The van der Waals surface area contributed by atoms with E-state index in [1.807, 2.05) is 25.1 Å². The minimum Gasteiger partial charge on any atom is -0.385 e. The maximum atomic E-state index is 12.5. The van der Waals surface area contributed by atoms with E-state index in [-0.39, 0.29) is 5.91 Å². The molecule has 0 aliphatic carbocycles. The number of rotatable bonds is 7. The number of nitrogens with zero attached hydrogens (tertiary/aromatic N) is 3. The van der Waals surface area contributed by atoms with Crippen molar-refractivity contribution in [3.63, 3.8) is 0 Å². The zero-order valence-corrected chi connectivity index (χ0v) is 16.4. The fourth-order valence-electron chi connectivity index (χ4n) is 3.35. The van der Waals surface area contributed by atoms with E-state index in [0.29, 0.717) is 13.0 Å². The van der Waals surface area contributed by atoms with E-state index in [2.05, 4.69) is 63.6 Å². The Morgan fingerprint density at radius 3 is 2.26 bits per heavy atom. The number of benzene rings is 2. The van der Waals surface area contributed by atoms with Crippen LogP contribution in [0.1, 0.15) is 12.0 Å². The summed E-state index contributed by atoms with van der Waals surface area (Å²) in [5.41, 5.74) is 3.56. The third kappa shape index (κ3) is 5.73. The van der Waals surface area contributed by atoms with Crippen LogP contribution in [-0.2, 0) is 11.3 Å². The summed E-state index contributed by atoms with van der Waals surface area (Å²) in [6.07, 6.45) is 0.536. The molecule has 1 heterocycles. The second-order valence-electron chi connectivity index (χ2n) is 7.26. The molecule has 0 unspecified atom stereocenters. The first-order valence-electron chi connectivity index (χ1n) is 9.67. The molecule has 0 saturated carbocycles. The monoisotopic (exact) mass is 366 g/mol. The van der Waals surface area contributed by atoms with E-state index < -0.39 is 0 Å². The molecular weight excluding hydrogens is 336 g/mol. The maximum Gasteiger partial charge on any atom is 0.224 e. The average molecular weight is 367 g/mol. The normalized spacial score (nSPS) is 14.8. The summed E-state index contributed by atoms with van der Waals surface area (Å²) in [6, 6.07) is 18.8. The molecule has 0 aromatic heterocycles. The molecule has 27 heavy (non-hydrogen) atoms. The van der Waals surface area contributed by atoms with Crippen LogP contribution in [0.2, 0.25) is 0 Å². The van der Waals surface area contributed by atoms with Gasteiger partial charge in [0, 0.05) is 71.2 Å². The topological polar surface area (TPSA) is 38.8 Å². The number of hydrogen-bond acceptors (Lipinski definition) is 4. The predicted octanol–water partition coefficient (Wildman–Crippen LogP) is 2.90. The second kappa shape index (κ2) is 9.42. The van der Waals surface area contributed by atoms with Crippen LogP contribution < -0.4 is 10.2 Å². The second-order valence-corrected chi connectivity index (χ2v) is 7.26. The fraction of sp³-hybridized carbons (Fsp3) is 0.409. The Hall–Kier alpha value is -2.53. The van der Waals surface area contributed by atoms with E-state index in [1.165, 1.54) is 11.3 Å². The van der Waals surface area contributed by atoms with E-state index in [9.17, 15) is 4.79 Å². The van der Waals surface area contributed by atoms with Crippen molar-refractivity contribution in [1.82, 2.24) is 9.80 Å². The summed E-state index contributed by atoms with van der Waals surface area (Å²) in [7, 11) is 4.06. The summed E-state index contributed by atoms with van der Waals surface area (Å²) in [5, 5.41) is 3.35. The van der Waals surface area contributed by atoms with Crippen molar-refractivity contribution in [3.8, 4) is 0 Å². The van der Waals surface area contributed by atoms with Crippen molar-refractivity contribution in [2.24, 2.45) is 0 Å². The number of carbonyl (C=O) groups excluding carboxylic acids is 1. The van der Waals surface area contributed by atoms with Gasteiger partial charge in [0.2, 0.25) is 5.91 Å². The molecule has 1 fully saturated rings. The zero-order chi connectivity index (χ0) is 19.1. The molecule has 1 N–H and O–H groups in total. The Labute approximate surface area is 162 Å². The lowest BCUT2D eigenvalue weighted by molar-refractivity contribution is -0.132. The van der Waals surface area contributed by atoms with Crippen LogP contribution in [0.15, 0.2) is 54.6 Å². The fourth-order valence-corrected chi connectivity index (χ4v) is 3.35. The minimum absolute atomic E-state index is 0.242. The van der Waals surface area contributed by atoms with Crippen molar-refractivity contribution in [3.05, 3.63) is 60.2 Å². The lowest BCUT2D eigenvalue weighted by Gasteiger charge is -2.34. The van der Waals surface area contributed by atoms with Crippen molar-refractivity contribution in [2.75, 3.05) is 57.0 Å². The Balaban J connectivity index is 1.37. The van der Waals surface area contributed by atoms with Crippen molar-refractivity contribution < 1.29 is 4.79 Å². The summed E-state index contributed by atoms with van der Waals surface area (Å²) in [5.74, 6) is 0.242. The van der Waals surface area contributed by atoms with Crippen LogP contribution in [0.3, 0.4) is 0 Å². The van der Waals surface area contributed by atoms with E-state index in [0.717, 1.165) is 38.4 Å². The van der Waals surface area contributed by atoms with Crippen LogP contribution in [-0.4, -0.2) is 62.5 Å². The van der Waals surface area contributed by atoms with Gasteiger partial charge in [-0.3, -0.25) is 9.69 Å². The van der Waals surface area contributed by atoms with Gasteiger partial charge in [0.1, 0.15) is 0 Å². The van der Waals surface area contributed by atoms with Gasteiger partial charge in [0.25, 0.3) is 0 Å². The van der Waals surface area contributed by atoms with Crippen LogP contribution in [0.4, 0.5) is 11.4 Å². The summed E-state index contributed by atoms with van der Waals surface area (Å²) in [4.78, 5) is 19.0. The Kier molecular flexibility index (Phi) is 6.71. The lowest BCUT2D eigenvalue weighted by atomic mass is 10.2. The molecule has 5 heteroatoms. The molecule has 2 aromatic rings. The molecule has 0 radical (unpaired) electrons. The number of anilines is 2. The molecule has 0 bridgehead atoms. The first-order valence-corrected chi connectivity index (χ1v) is 9.67. The summed E-state index contributed by atoms with van der Waals surface area (Å²) in [6.45, 7) is 5.17. The molecule has 5 nitrogen and oxygen atoms in total. The van der Waals surface area contributed by atoms with Gasteiger partial charge in [0.05, 0.1) is 0 Å². The zero-order valence-electron chi connectivity index (χ0n) is 16.4. The standard InChI is InChI=1S/C22H30N4O/c1-24(2)21-10-8-20(9-11-21)23-13-12-22(27)26-16-14-25(15-17-26)18-19-6-4-3-5-7-19/h3-11,23H,12-18H2,1-2H3. The van der Waals surface area contributed by atoms with Gasteiger partial charge in [-0.2, -0.15) is 0 Å². The minimum atomic E-state index is 0.242. The number of hydrogen-bond donors (Lipinski definition) is 1. The predicted molar refractivity (Wildman–Crippen MR) is 112 cm³/mol. The number of piperazine rings is 1. The van der Waals surface area contributed by atoms with Crippen LogP contribution >= 0.6 is 0 Å². The van der Waals surface area contributed by atoms with Crippen LogP contribution in [0.5, 0.6) is 0 Å². The van der Waals surface area contributed by atoms with Gasteiger partial charge in [-0.25, -0.2) is 0 Å². The van der Waals surface area contributed by atoms with Gasteiger partial charge in [-0.1, -0.05) is 30.3 Å². The van der Waals surface area contributed by atoms with Gasteiger partial charge in [-0.05, 0) is 29.8 Å². The molecule has 1 amide bonds. The quantitative estimate of drug-likeness (QED) is 0.818. The molecule has 1 saturated heterocycles. The van der Waals surface area contributed by atoms with Gasteiger partial charge in [0.15, 0.2) is 0 Å². The average Bonchev–Trinajstić information content (AvgIpc) is 2.69. The van der Waals surface area contributed by atoms with Crippen molar-refractivity contribution >= 4 is 17.3 Å². The lowest BCUT2D eigenvalue weighted by Crippen LogP contribution is -2.48. The molecule has 0 spiro atoms. The Morgan fingerprint density at radius 2 is 1.63 bits per heavy atom. The molecule has 3 rings (SSSR count). The van der Waals surface area contributed by atoms with Crippen LogP contribution in [0, 0.1) is 0 Å². The van der Waals surface area contributed by atoms with Crippen molar-refractivity contribution in [2.45, 2.75) is 13.0 Å². The SMILES string of the molecule is CN(C)c1ccc(NCCC(=O)N2CCN(Cc3ccccc3)CC2)cc1. The molecular formula is C22H30N4O. The molecule has 0 atom stereocenters. The van der Waals surface area contributed by atoms with E-state index in [1.54, 1.807) is 0 Å².